The van der Waals surface area contributed by atoms with E-state index in [0.29, 0.717) is 5.57 Å². The van der Waals surface area contributed by atoms with Gasteiger partial charge < -0.3 is 4.74 Å². The van der Waals surface area contributed by atoms with Crippen LogP contribution < -0.4 is 0 Å². The van der Waals surface area contributed by atoms with E-state index in [4.69, 9.17) is 4.74 Å². The predicted molar refractivity (Wildman–Crippen MR) is 46.6 cm³/mol. The Morgan fingerprint density at radius 3 is 3.00 bits per heavy atom. The highest BCUT2D eigenvalue weighted by Gasteiger charge is 2.11. The van der Waals surface area contributed by atoms with E-state index in [0.717, 1.165) is 6.42 Å². The first-order valence-corrected chi connectivity index (χ1v) is 4.08. The van der Waals surface area contributed by atoms with Crippen LogP contribution in [0.25, 0.3) is 0 Å². The van der Waals surface area contributed by atoms with Gasteiger partial charge in [-0.25, -0.2) is 4.79 Å². The summed E-state index contributed by atoms with van der Waals surface area (Å²) in [4.78, 5) is 11.2. The number of esters is 1. The summed E-state index contributed by atoms with van der Waals surface area (Å²) in [5.74, 6) is -0.283. The van der Waals surface area contributed by atoms with Crippen LogP contribution in [0.3, 0.4) is 0 Å². The minimum Gasteiger partial charge on any atom is -0.459 e. The third kappa shape index (κ3) is 2.11. The van der Waals surface area contributed by atoms with Crippen molar-refractivity contribution < 1.29 is 9.53 Å². The monoisotopic (exact) mass is 164 g/mol. The van der Waals surface area contributed by atoms with Gasteiger partial charge in [-0.1, -0.05) is 13.0 Å². The molecule has 0 radical (unpaired) electrons. The predicted octanol–water partition coefficient (Wildman–Crippen LogP) is 1.98. The molecule has 0 aromatic heterocycles. The second-order valence-corrected chi connectivity index (χ2v) is 2.71. The van der Waals surface area contributed by atoms with Gasteiger partial charge in [0.1, 0.15) is 5.57 Å². The normalized spacial score (nSPS) is 16.0. The molecule has 0 saturated carbocycles. The molecule has 1 rings (SSSR count). The summed E-state index contributed by atoms with van der Waals surface area (Å²) >= 11 is 0. The van der Waals surface area contributed by atoms with Crippen molar-refractivity contribution in [3.05, 3.63) is 29.5 Å². The lowest BCUT2D eigenvalue weighted by molar-refractivity contribution is -0.143. The Balaban J connectivity index is 2.50. The van der Waals surface area contributed by atoms with Crippen molar-refractivity contribution in [2.45, 2.75) is 26.4 Å². The van der Waals surface area contributed by atoms with Gasteiger partial charge in [-0.2, -0.15) is 0 Å². The number of hydrogen-bond acceptors (Lipinski definition) is 2. The van der Waals surface area contributed by atoms with Crippen molar-refractivity contribution in [2.75, 3.05) is 0 Å². The van der Waals surface area contributed by atoms with Crippen LogP contribution in [0.5, 0.6) is 0 Å². The quantitative estimate of drug-likeness (QED) is 0.471. The molecular weight excluding hydrogens is 152 g/mol. The first-order chi connectivity index (χ1) is 5.74. The third-order valence-corrected chi connectivity index (χ3v) is 1.70. The molecule has 1 atom stereocenters. The van der Waals surface area contributed by atoms with Gasteiger partial charge in [0.05, 0.1) is 6.10 Å². The standard InChI is InChI=1S/C10H12O2/c1-3-8(2)12-10(11)9-6-4-5-7-9/h4-6,8H,3H2,1-2H3. The first-order valence-electron chi connectivity index (χ1n) is 4.08. The van der Waals surface area contributed by atoms with E-state index in [1.54, 1.807) is 18.2 Å². The Morgan fingerprint density at radius 1 is 1.75 bits per heavy atom. The van der Waals surface area contributed by atoms with E-state index in [1.807, 2.05) is 13.8 Å². The molecule has 12 heavy (non-hydrogen) atoms. The summed E-state index contributed by atoms with van der Waals surface area (Å²) in [6, 6.07) is 0. The Morgan fingerprint density at radius 2 is 2.50 bits per heavy atom. The summed E-state index contributed by atoms with van der Waals surface area (Å²) < 4.78 is 5.07. The fourth-order valence-electron chi connectivity index (χ4n) is 0.787. The summed E-state index contributed by atoms with van der Waals surface area (Å²) in [6.07, 6.45) is 6.00. The molecule has 0 spiro atoms. The van der Waals surface area contributed by atoms with Crippen LogP contribution in [0, 0.1) is 0 Å². The van der Waals surface area contributed by atoms with Crippen molar-refractivity contribution in [3.63, 3.8) is 0 Å². The molecule has 0 amide bonds. The van der Waals surface area contributed by atoms with E-state index in [-0.39, 0.29) is 12.1 Å². The van der Waals surface area contributed by atoms with E-state index in [2.05, 4.69) is 5.73 Å². The highest BCUT2D eigenvalue weighted by Crippen LogP contribution is 2.07. The summed E-state index contributed by atoms with van der Waals surface area (Å²) in [5, 5.41) is 0. The lowest BCUT2D eigenvalue weighted by Crippen LogP contribution is -2.14. The zero-order valence-electron chi connectivity index (χ0n) is 7.33. The van der Waals surface area contributed by atoms with Crippen molar-refractivity contribution >= 4 is 5.97 Å². The number of carbonyl (C=O) groups is 1. The van der Waals surface area contributed by atoms with Crippen LogP contribution in [0.1, 0.15) is 20.3 Å². The molecule has 64 valence electrons. The van der Waals surface area contributed by atoms with Crippen molar-refractivity contribution in [1.29, 1.82) is 0 Å². The molecule has 1 aliphatic carbocycles. The number of ether oxygens (including phenoxy) is 1. The Kier molecular flexibility index (Phi) is 2.89. The van der Waals surface area contributed by atoms with Gasteiger partial charge >= 0.3 is 5.97 Å². The average molecular weight is 164 g/mol. The molecule has 0 N–H and O–H groups in total. The summed E-state index contributed by atoms with van der Waals surface area (Å²) in [6.45, 7) is 3.85. The maximum atomic E-state index is 11.2. The van der Waals surface area contributed by atoms with Crippen LogP contribution in [0.4, 0.5) is 0 Å². The molecule has 0 aromatic carbocycles. The highest BCUT2D eigenvalue weighted by molar-refractivity contribution is 5.92. The first kappa shape index (κ1) is 8.82. The Labute approximate surface area is 72.2 Å². The van der Waals surface area contributed by atoms with Crippen molar-refractivity contribution in [2.24, 2.45) is 0 Å². The number of allylic oxidation sites excluding steroid dienone is 1. The zero-order valence-corrected chi connectivity index (χ0v) is 7.33. The lowest BCUT2D eigenvalue weighted by Gasteiger charge is -2.09. The number of hydrogen-bond donors (Lipinski definition) is 0. The van der Waals surface area contributed by atoms with Crippen LogP contribution in [0.15, 0.2) is 29.5 Å². The third-order valence-electron chi connectivity index (χ3n) is 1.70. The maximum Gasteiger partial charge on any atom is 0.346 e. The molecule has 0 heterocycles. The van der Waals surface area contributed by atoms with Crippen molar-refractivity contribution in [1.82, 2.24) is 0 Å². The maximum absolute atomic E-state index is 11.2. The number of rotatable bonds is 3. The second-order valence-electron chi connectivity index (χ2n) is 2.71. The molecule has 0 bridgehead atoms. The highest BCUT2D eigenvalue weighted by atomic mass is 16.5. The van der Waals surface area contributed by atoms with Gasteiger partial charge in [0.2, 0.25) is 0 Å². The molecule has 0 aliphatic heterocycles. The van der Waals surface area contributed by atoms with Gasteiger partial charge in [-0.3, -0.25) is 0 Å². The van der Waals surface area contributed by atoms with Gasteiger partial charge in [0.25, 0.3) is 0 Å². The second kappa shape index (κ2) is 3.93. The zero-order chi connectivity index (χ0) is 8.97. The van der Waals surface area contributed by atoms with Crippen LogP contribution in [-0.4, -0.2) is 12.1 Å². The van der Waals surface area contributed by atoms with Gasteiger partial charge in [0, 0.05) is 0 Å². The van der Waals surface area contributed by atoms with Crippen molar-refractivity contribution in [3.8, 4) is 0 Å². The minimum atomic E-state index is -0.283. The molecule has 0 fully saturated rings. The van der Waals surface area contributed by atoms with Crippen LogP contribution in [0.2, 0.25) is 0 Å². The largest absolute Gasteiger partial charge is 0.459 e. The molecule has 0 saturated heterocycles. The lowest BCUT2D eigenvalue weighted by atomic mass is 10.3. The molecule has 0 aromatic rings. The fraction of sp³-hybridized carbons (Fsp3) is 0.400. The van der Waals surface area contributed by atoms with Crippen LogP contribution >= 0.6 is 0 Å². The van der Waals surface area contributed by atoms with Crippen LogP contribution in [-0.2, 0) is 9.53 Å². The Hall–Kier alpha value is -1.27. The summed E-state index contributed by atoms with van der Waals surface area (Å²) in [5.41, 5.74) is 3.30. The van der Waals surface area contributed by atoms with E-state index >= 15 is 0 Å². The average Bonchev–Trinajstić information content (AvgIpc) is 2.56. The van der Waals surface area contributed by atoms with E-state index in [9.17, 15) is 4.79 Å². The topological polar surface area (TPSA) is 26.3 Å². The van der Waals surface area contributed by atoms with Gasteiger partial charge in [-0.15, -0.1) is 5.73 Å². The molecule has 2 nitrogen and oxygen atoms in total. The molecule has 2 heteroatoms. The van der Waals surface area contributed by atoms with Gasteiger partial charge in [0.15, 0.2) is 0 Å². The fourth-order valence-corrected chi connectivity index (χ4v) is 0.787. The SMILES string of the molecule is CCC(C)OC(=O)C1=C=CC=C1. The number of carbonyl (C=O) groups excluding carboxylic acids is 1. The Bertz CT molecular complexity index is 268. The minimum absolute atomic E-state index is 0.0131. The van der Waals surface area contributed by atoms with Gasteiger partial charge in [-0.05, 0) is 25.5 Å². The summed E-state index contributed by atoms with van der Waals surface area (Å²) in [7, 11) is 0. The van der Waals surface area contributed by atoms with E-state index < -0.39 is 0 Å². The smallest absolute Gasteiger partial charge is 0.346 e. The van der Waals surface area contributed by atoms with E-state index in [1.165, 1.54) is 0 Å². The molecule has 1 aliphatic rings. The molecular formula is C10H12O2. The molecule has 1 unspecified atom stereocenters.